The number of benzene rings is 1. The molecule has 0 aliphatic heterocycles. The third-order valence-corrected chi connectivity index (χ3v) is 2.14. The molecular formula is C9H10ClFO3. The maximum absolute atomic E-state index is 13.3. The minimum atomic E-state index is -0.688. The predicted octanol–water partition coefficient (Wildman–Crippen LogP) is 1.99. The number of hydrogen-bond acceptors (Lipinski definition) is 3. The smallest absolute Gasteiger partial charge is 0.182 e. The molecule has 0 aliphatic carbocycles. The Bertz CT molecular complexity index is 341. The lowest BCUT2D eigenvalue weighted by atomic mass is 10.2. The second kappa shape index (κ2) is 4.48. The third-order valence-electron chi connectivity index (χ3n) is 1.80. The van der Waals surface area contributed by atoms with Gasteiger partial charge in [-0.1, -0.05) is 11.6 Å². The Hall–Kier alpha value is -1.00. The summed E-state index contributed by atoms with van der Waals surface area (Å²) in [6.07, 6.45) is 0. The molecule has 1 aromatic rings. The second-order valence-electron chi connectivity index (χ2n) is 2.56. The van der Waals surface area contributed by atoms with Gasteiger partial charge in [-0.2, -0.15) is 0 Å². The molecule has 5 heteroatoms. The van der Waals surface area contributed by atoms with Crippen LogP contribution in [0, 0.1) is 5.82 Å². The Morgan fingerprint density at radius 1 is 1.43 bits per heavy atom. The fourth-order valence-electron chi connectivity index (χ4n) is 1.09. The van der Waals surface area contributed by atoms with Gasteiger partial charge in [0.25, 0.3) is 0 Å². The Balaban J connectivity index is 3.38. The number of aliphatic hydroxyl groups is 1. The zero-order valence-electron chi connectivity index (χ0n) is 7.80. The van der Waals surface area contributed by atoms with Gasteiger partial charge in [0.15, 0.2) is 17.3 Å². The fourth-order valence-corrected chi connectivity index (χ4v) is 1.38. The third kappa shape index (κ3) is 1.76. The Kier molecular flexibility index (Phi) is 3.55. The molecule has 0 fully saturated rings. The number of halogens is 2. The van der Waals surface area contributed by atoms with Gasteiger partial charge < -0.3 is 14.6 Å². The van der Waals surface area contributed by atoms with Gasteiger partial charge in [0.05, 0.1) is 20.8 Å². The van der Waals surface area contributed by atoms with E-state index >= 15 is 0 Å². The first kappa shape index (κ1) is 11.1. The zero-order valence-corrected chi connectivity index (χ0v) is 8.56. The van der Waals surface area contributed by atoms with Gasteiger partial charge in [0.1, 0.15) is 5.02 Å². The standard InChI is InChI=1S/C9H10ClFO3/c1-13-6-3-5(4-12)8(11)7(10)9(6)14-2/h3,12H,4H2,1-2H3. The summed E-state index contributed by atoms with van der Waals surface area (Å²) in [5.74, 6) is -0.265. The minimum Gasteiger partial charge on any atom is -0.493 e. The highest BCUT2D eigenvalue weighted by Gasteiger charge is 2.17. The molecule has 0 aliphatic rings. The highest BCUT2D eigenvalue weighted by atomic mass is 35.5. The molecule has 78 valence electrons. The van der Waals surface area contributed by atoms with Crippen LogP contribution in [-0.4, -0.2) is 19.3 Å². The van der Waals surface area contributed by atoms with Crippen molar-refractivity contribution in [3.05, 3.63) is 22.5 Å². The lowest BCUT2D eigenvalue weighted by Crippen LogP contribution is -1.98. The molecule has 0 saturated heterocycles. The van der Waals surface area contributed by atoms with E-state index in [2.05, 4.69) is 0 Å². The summed E-state index contributed by atoms with van der Waals surface area (Å²) >= 11 is 5.67. The number of hydrogen-bond donors (Lipinski definition) is 1. The van der Waals surface area contributed by atoms with Crippen molar-refractivity contribution in [2.45, 2.75) is 6.61 Å². The van der Waals surface area contributed by atoms with Crippen LogP contribution in [0.25, 0.3) is 0 Å². The summed E-state index contributed by atoms with van der Waals surface area (Å²) in [5, 5.41) is 8.65. The van der Waals surface area contributed by atoms with Crippen molar-refractivity contribution < 1.29 is 19.0 Å². The molecular weight excluding hydrogens is 211 g/mol. The molecule has 0 saturated carbocycles. The van der Waals surface area contributed by atoms with E-state index in [1.54, 1.807) is 0 Å². The maximum atomic E-state index is 13.3. The second-order valence-corrected chi connectivity index (χ2v) is 2.94. The zero-order chi connectivity index (χ0) is 10.7. The van der Waals surface area contributed by atoms with Crippen molar-refractivity contribution in [1.82, 2.24) is 0 Å². The molecule has 0 atom stereocenters. The summed E-state index contributed by atoms with van der Waals surface area (Å²) < 4.78 is 23.1. The van der Waals surface area contributed by atoms with Gasteiger partial charge in [-0.05, 0) is 6.07 Å². The lowest BCUT2D eigenvalue weighted by molar-refractivity contribution is 0.273. The van der Waals surface area contributed by atoms with Crippen LogP contribution in [0.5, 0.6) is 11.5 Å². The molecule has 0 unspecified atom stereocenters. The molecule has 14 heavy (non-hydrogen) atoms. The number of methoxy groups -OCH3 is 2. The molecule has 0 spiro atoms. The summed E-state index contributed by atoms with van der Waals surface area (Å²) in [5.41, 5.74) is 0.0765. The summed E-state index contributed by atoms with van der Waals surface area (Å²) in [6.45, 7) is -0.439. The molecule has 0 radical (unpaired) electrons. The van der Waals surface area contributed by atoms with E-state index in [9.17, 15) is 4.39 Å². The topological polar surface area (TPSA) is 38.7 Å². The highest BCUT2D eigenvalue weighted by Crippen LogP contribution is 2.38. The average molecular weight is 221 g/mol. The largest absolute Gasteiger partial charge is 0.493 e. The van der Waals surface area contributed by atoms with Crippen molar-refractivity contribution in [2.75, 3.05) is 14.2 Å². The van der Waals surface area contributed by atoms with E-state index in [0.29, 0.717) is 5.75 Å². The van der Waals surface area contributed by atoms with Gasteiger partial charge in [0, 0.05) is 5.56 Å². The Labute approximate surface area is 86.0 Å². The fraction of sp³-hybridized carbons (Fsp3) is 0.333. The average Bonchev–Trinajstić information content (AvgIpc) is 2.21. The number of ether oxygens (including phenoxy) is 2. The van der Waals surface area contributed by atoms with Crippen LogP contribution in [-0.2, 0) is 6.61 Å². The predicted molar refractivity (Wildman–Crippen MR) is 50.4 cm³/mol. The van der Waals surface area contributed by atoms with Crippen molar-refractivity contribution in [3.63, 3.8) is 0 Å². The molecule has 3 nitrogen and oxygen atoms in total. The SMILES string of the molecule is COc1cc(CO)c(F)c(Cl)c1OC. The van der Waals surface area contributed by atoms with E-state index in [1.165, 1.54) is 20.3 Å². The van der Waals surface area contributed by atoms with Crippen LogP contribution in [0.2, 0.25) is 5.02 Å². The van der Waals surface area contributed by atoms with Gasteiger partial charge in [0.2, 0.25) is 0 Å². The molecule has 0 aromatic heterocycles. The first-order chi connectivity index (χ1) is 6.65. The number of aliphatic hydroxyl groups excluding tert-OH is 1. The molecule has 0 bridgehead atoms. The monoisotopic (exact) mass is 220 g/mol. The maximum Gasteiger partial charge on any atom is 0.182 e. The van der Waals surface area contributed by atoms with Gasteiger partial charge >= 0.3 is 0 Å². The van der Waals surface area contributed by atoms with Crippen molar-refractivity contribution in [2.24, 2.45) is 0 Å². The van der Waals surface area contributed by atoms with Gasteiger partial charge in [-0.3, -0.25) is 0 Å². The molecule has 0 amide bonds. The van der Waals surface area contributed by atoms with E-state index in [-0.39, 0.29) is 16.3 Å². The van der Waals surface area contributed by atoms with Crippen molar-refractivity contribution >= 4 is 11.6 Å². The van der Waals surface area contributed by atoms with Crippen LogP contribution >= 0.6 is 11.6 Å². The van der Waals surface area contributed by atoms with Crippen LogP contribution in [0.1, 0.15) is 5.56 Å². The normalized spacial score (nSPS) is 10.1. The van der Waals surface area contributed by atoms with Crippen LogP contribution in [0.3, 0.4) is 0 Å². The number of rotatable bonds is 3. The first-order valence-electron chi connectivity index (χ1n) is 3.85. The Morgan fingerprint density at radius 3 is 2.50 bits per heavy atom. The molecule has 1 rings (SSSR count). The van der Waals surface area contributed by atoms with E-state index < -0.39 is 12.4 Å². The van der Waals surface area contributed by atoms with Crippen LogP contribution < -0.4 is 9.47 Å². The molecule has 1 N–H and O–H groups in total. The quantitative estimate of drug-likeness (QED) is 0.847. The molecule has 0 heterocycles. The van der Waals surface area contributed by atoms with E-state index in [0.717, 1.165) is 0 Å². The van der Waals surface area contributed by atoms with E-state index in [1.807, 2.05) is 0 Å². The summed E-state index contributed by atoms with van der Waals surface area (Å²) in [7, 11) is 2.77. The van der Waals surface area contributed by atoms with Crippen molar-refractivity contribution in [3.8, 4) is 11.5 Å². The summed E-state index contributed by atoms with van der Waals surface area (Å²) in [6, 6.07) is 1.35. The first-order valence-corrected chi connectivity index (χ1v) is 4.23. The van der Waals surface area contributed by atoms with Crippen LogP contribution in [0.4, 0.5) is 4.39 Å². The molecule has 1 aromatic carbocycles. The van der Waals surface area contributed by atoms with Gasteiger partial charge in [-0.15, -0.1) is 0 Å². The highest BCUT2D eigenvalue weighted by molar-refractivity contribution is 6.32. The van der Waals surface area contributed by atoms with Gasteiger partial charge in [-0.25, -0.2) is 4.39 Å². The van der Waals surface area contributed by atoms with Crippen LogP contribution in [0.15, 0.2) is 6.07 Å². The Morgan fingerprint density at radius 2 is 2.07 bits per heavy atom. The summed E-state index contributed by atoms with van der Waals surface area (Å²) in [4.78, 5) is 0. The van der Waals surface area contributed by atoms with Crippen molar-refractivity contribution in [1.29, 1.82) is 0 Å². The minimum absolute atomic E-state index is 0.0765. The lowest BCUT2D eigenvalue weighted by Gasteiger charge is -2.11. The van der Waals surface area contributed by atoms with E-state index in [4.69, 9.17) is 26.2 Å².